The van der Waals surface area contributed by atoms with Gasteiger partial charge in [0, 0.05) is 18.3 Å². The van der Waals surface area contributed by atoms with E-state index in [0.29, 0.717) is 5.69 Å². The van der Waals surface area contributed by atoms with Gasteiger partial charge in [0.2, 0.25) is 5.91 Å². The molecule has 29 heavy (non-hydrogen) atoms. The van der Waals surface area contributed by atoms with Crippen molar-refractivity contribution in [2.24, 2.45) is 0 Å². The van der Waals surface area contributed by atoms with Gasteiger partial charge in [-0.15, -0.1) is 0 Å². The molecule has 8 heteroatoms. The number of ether oxygens (including phenoxy) is 2. The van der Waals surface area contributed by atoms with Gasteiger partial charge in [0.05, 0.1) is 13.5 Å². The van der Waals surface area contributed by atoms with Crippen molar-refractivity contribution in [1.82, 2.24) is 5.32 Å². The van der Waals surface area contributed by atoms with Crippen molar-refractivity contribution >= 4 is 29.5 Å². The van der Waals surface area contributed by atoms with E-state index in [1.54, 1.807) is 37.5 Å². The first-order valence-electron chi connectivity index (χ1n) is 8.77. The Bertz CT molecular complexity index is 864. The molecule has 0 aliphatic rings. The lowest BCUT2D eigenvalue weighted by atomic mass is 10.2. The van der Waals surface area contributed by atoms with Crippen LogP contribution in [0.2, 0.25) is 0 Å². The minimum Gasteiger partial charge on any atom is -0.497 e. The summed E-state index contributed by atoms with van der Waals surface area (Å²) in [6, 6.07) is 12.3. The zero-order valence-corrected chi connectivity index (χ0v) is 15.8. The molecule has 2 amide bonds. The molecule has 0 aromatic heterocycles. The topological polar surface area (TPSA) is 93.7 Å². The summed E-state index contributed by atoms with van der Waals surface area (Å²) in [5.41, 5.74) is 1.22. The van der Waals surface area contributed by atoms with Crippen molar-refractivity contribution in [3.8, 4) is 5.75 Å². The van der Waals surface area contributed by atoms with Crippen molar-refractivity contribution in [3.05, 3.63) is 66.0 Å². The van der Waals surface area contributed by atoms with E-state index in [-0.39, 0.29) is 18.9 Å². The normalized spacial score (nSPS) is 10.4. The van der Waals surface area contributed by atoms with E-state index in [9.17, 15) is 18.8 Å². The first-order chi connectivity index (χ1) is 14.0. The molecule has 0 bridgehead atoms. The Balaban J connectivity index is 1.62. The number of hydrogen-bond acceptors (Lipinski definition) is 5. The van der Waals surface area contributed by atoms with Crippen LogP contribution in [0.25, 0.3) is 6.08 Å². The van der Waals surface area contributed by atoms with Gasteiger partial charge in [-0.1, -0.05) is 12.1 Å². The number of nitrogens with one attached hydrogen (secondary N) is 2. The van der Waals surface area contributed by atoms with Gasteiger partial charge < -0.3 is 20.1 Å². The Morgan fingerprint density at radius 3 is 2.38 bits per heavy atom. The van der Waals surface area contributed by atoms with Gasteiger partial charge in [0.1, 0.15) is 11.6 Å². The maximum atomic E-state index is 12.8. The molecule has 2 aromatic carbocycles. The second kappa shape index (κ2) is 11.2. The summed E-state index contributed by atoms with van der Waals surface area (Å²) < 4.78 is 22.7. The molecule has 0 spiro atoms. The van der Waals surface area contributed by atoms with E-state index < -0.39 is 24.3 Å². The van der Waals surface area contributed by atoms with E-state index in [1.165, 1.54) is 30.3 Å². The SMILES string of the molecule is COc1ccc(/C=C/C(=O)NCCC(=O)OCC(=O)Nc2ccc(F)cc2)cc1. The molecule has 0 atom stereocenters. The first kappa shape index (κ1) is 21.6. The molecule has 152 valence electrons. The Morgan fingerprint density at radius 2 is 1.72 bits per heavy atom. The molecule has 2 aromatic rings. The molecular weight excluding hydrogens is 379 g/mol. The quantitative estimate of drug-likeness (QED) is 0.498. The number of rotatable bonds is 9. The van der Waals surface area contributed by atoms with Crippen LogP contribution in [0, 0.1) is 5.82 Å². The summed E-state index contributed by atoms with van der Waals surface area (Å²) in [5, 5.41) is 5.02. The van der Waals surface area contributed by atoms with Crippen LogP contribution in [0.15, 0.2) is 54.6 Å². The molecule has 0 aliphatic heterocycles. The summed E-state index contributed by atoms with van der Waals surface area (Å²) in [6.07, 6.45) is 2.90. The Labute approximate surface area is 167 Å². The van der Waals surface area contributed by atoms with Gasteiger partial charge in [-0.25, -0.2) is 4.39 Å². The molecule has 2 N–H and O–H groups in total. The summed E-state index contributed by atoms with van der Waals surface area (Å²) in [6.45, 7) is -0.397. The molecule has 0 heterocycles. The van der Waals surface area contributed by atoms with Crippen molar-refractivity contribution < 1.29 is 28.2 Å². The van der Waals surface area contributed by atoms with Crippen LogP contribution in [0.5, 0.6) is 5.75 Å². The molecule has 0 unspecified atom stereocenters. The lowest BCUT2D eigenvalue weighted by Crippen LogP contribution is -2.26. The fourth-order valence-electron chi connectivity index (χ4n) is 2.18. The van der Waals surface area contributed by atoms with E-state index in [0.717, 1.165) is 11.3 Å². The van der Waals surface area contributed by atoms with Crippen LogP contribution in [-0.4, -0.2) is 38.0 Å². The third-order valence-electron chi connectivity index (χ3n) is 3.66. The van der Waals surface area contributed by atoms with Gasteiger partial charge in [0.15, 0.2) is 6.61 Å². The van der Waals surface area contributed by atoms with Crippen molar-refractivity contribution in [1.29, 1.82) is 0 Å². The lowest BCUT2D eigenvalue weighted by Gasteiger charge is -2.07. The number of halogens is 1. The van der Waals surface area contributed by atoms with Crippen LogP contribution < -0.4 is 15.4 Å². The van der Waals surface area contributed by atoms with Crippen LogP contribution >= 0.6 is 0 Å². The first-order valence-corrected chi connectivity index (χ1v) is 8.77. The monoisotopic (exact) mass is 400 g/mol. The van der Waals surface area contributed by atoms with Crippen molar-refractivity contribution in [3.63, 3.8) is 0 Å². The zero-order chi connectivity index (χ0) is 21.1. The van der Waals surface area contributed by atoms with Crippen LogP contribution in [-0.2, 0) is 19.1 Å². The lowest BCUT2D eigenvalue weighted by molar-refractivity contribution is -0.147. The standard InChI is InChI=1S/C21H21FN2O5/c1-28-18-9-2-15(3-10-18)4-11-19(25)23-13-12-21(27)29-14-20(26)24-17-7-5-16(22)6-8-17/h2-11H,12-14H2,1H3,(H,23,25)(H,24,26)/b11-4+. The average Bonchev–Trinajstić information content (AvgIpc) is 2.73. The summed E-state index contributed by atoms with van der Waals surface area (Å²) in [7, 11) is 1.57. The van der Waals surface area contributed by atoms with E-state index in [1.807, 2.05) is 0 Å². The molecule has 0 saturated heterocycles. The second-order valence-corrected chi connectivity index (χ2v) is 5.86. The van der Waals surface area contributed by atoms with Crippen LogP contribution in [0.4, 0.5) is 10.1 Å². The van der Waals surface area contributed by atoms with Gasteiger partial charge in [0.25, 0.3) is 5.91 Å². The molecule has 2 rings (SSSR count). The highest BCUT2D eigenvalue weighted by atomic mass is 19.1. The number of amides is 2. The van der Waals surface area contributed by atoms with Gasteiger partial charge >= 0.3 is 5.97 Å². The predicted octanol–water partition coefficient (Wildman–Crippen LogP) is 2.54. The van der Waals surface area contributed by atoms with Crippen molar-refractivity contribution in [2.75, 3.05) is 25.6 Å². The highest BCUT2D eigenvalue weighted by Crippen LogP contribution is 2.12. The van der Waals surface area contributed by atoms with E-state index in [4.69, 9.17) is 9.47 Å². The third kappa shape index (κ3) is 8.25. The number of carbonyl (C=O) groups excluding carboxylic acids is 3. The number of benzene rings is 2. The molecule has 0 fully saturated rings. The summed E-state index contributed by atoms with van der Waals surface area (Å²) in [4.78, 5) is 35.1. The summed E-state index contributed by atoms with van der Waals surface area (Å²) >= 11 is 0. The Hall–Kier alpha value is -3.68. The minimum absolute atomic E-state index is 0.0736. The molecule has 7 nitrogen and oxygen atoms in total. The third-order valence-corrected chi connectivity index (χ3v) is 3.66. The molecular formula is C21H21FN2O5. The fraction of sp³-hybridized carbons (Fsp3) is 0.190. The number of methoxy groups -OCH3 is 1. The predicted molar refractivity (Wildman–Crippen MR) is 106 cm³/mol. The van der Waals surface area contributed by atoms with Crippen molar-refractivity contribution in [2.45, 2.75) is 6.42 Å². The van der Waals surface area contributed by atoms with Gasteiger partial charge in [-0.05, 0) is 48.0 Å². The maximum Gasteiger partial charge on any atom is 0.308 e. The smallest absolute Gasteiger partial charge is 0.308 e. The van der Waals surface area contributed by atoms with Gasteiger partial charge in [-0.2, -0.15) is 0 Å². The number of hydrogen-bond donors (Lipinski definition) is 2. The van der Waals surface area contributed by atoms with Crippen LogP contribution in [0.1, 0.15) is 12.0 Å². The Morgan fingerprint density at radius 1 is 1.03 bits per heavy atom. The number of carbonyl (C=O) groups is 3. The molecule has 0 aliphatic carbocycles. The van der Waals surface area contributed by atoms with E-state index >= 15 is 0 Å². The second-order valence-electron chi connectivity index (χ2n) is 5.86. The summed E-state index contributed by atoms with van der Waals surface area (Å²) in [5.74, 6) is -1.23. The molecule has 0 saturated carbocycles. The highest BCUT2D eigenvalue weighted by molar-refractivity contribution is 5.93. The molecule has 0 radical (unpaired) electrons. The number of esters is 1. The van der Waals surface area contributed by atoms with Gasteiger partial charge in [-0.3, -0.25) is 14.4 Å². The highest BCUT2D eigenvalue weighted by Gasteiger charge is 2.08. The van der Waals surface area contributed by atoms with Crippen LogP contribution in [0.3, 0.4) is 0 Å². The van der Waals surface area contributed by atoms with E-state index in [2.05, 4.69) is 10.6 Å². The fourth-order valence-corrected chi connectivity index (χ4v) is 2.18. The number of anilines is 1. The largest absolute Gasteiger partial charge is 0.497 e. The Kier molecular flexibility index (Phi) is 8.37. The average molecular weight is 400 g/mol. The minimum atomic E-state index is -0.626. The zero-order valence-electron chi connectivity index (χ0n) is 15.8. The maximum absolute atomic E-state index is 12.8.